The number of amides is 1. The Bertz CT molecular complexity index is 1480. The first-order valence-corrected chi connectivity index (χ1v) is 14.2. The van der Waals surface area contributed by atoms with Gasteiger partial charge in [-0.2, -0.15) is 0 Å². The van der Waals surface area contributed by atoms with Crippen LogP contribution in [0.3, 0.4) is 0 Å². The fourth-order valence-electron chi connectivity index (χ4n) is 5.39. The summed E-state index contributed by atoms with van der Waals surface area (Å²) in [6.45, 7) is 2.27. The maximum atomic E-state index is 12.6. The summed E-state index contributed by atoms with van der Waals surface area (Å²) in [7, 11) is 3.65. The average molecular weight is 582 g/mol. The molecule has 1 amide bonds. The monoisotopic (exact) mass is 580 g/mol. The van der Waals surface area contributed by atoms with Crippen molar-refractivity contribution in [1.82, 2.24) is 9.88 Å². The van der Waals surface area contributed by atoms with E-state index in [1.54, 1.807) is 13.2 Å². The number of hydrogen-bond donors (Lipinski definition) is 2. The Kier molecular flexibility index (Phi) is 9.77. The number of aliphatic carboxylic acids is 1. The minimum Gasteiger partial charge on any atom is -0.497 e. The summed E-state index contributed by atoms with van der Waals surface area (Å²) >= 11 is 13.2. The molecule has 0 spiro atoms. The zero-order valence-corrected chi connectivity index (χ0v) is 24.4. The molecule has 2 N–H and O–H groups in total. The van der Waals surface area contributed by atoms with Crippen LogP contribution in [0.1, 0.15) is 71.5 Å². The summed E-state index contributed by atoms with van der Waals surface area (Å²) < 4.78 is 7.49. The number of ether oxygens (including phenoxy) is 1. The molecule has 1 aromatic heterocycles. The van der Waals surface area contributed by atoms with Gasteiger partial charge in [0.2, 0.25) is 0 Å². The fraction of sp³-hybridized carbons (Fsp3) is 0.312. The number of aryl methyl sites for hydroxylation is 1. The van der Waals surface area contributed by atoms with Gasteiger partial charge in [-0.15, -0.1) is 0 Å². The van der Waals surface area contributed by atoms with Crippen LogP contribution in [-0.2, 0) is 11.8 Å². The molecule has 1 heterocycles. The molecule has 210 valence electrons. The van der Waals surface area contributed by atoms with E-state index >= 15 is 0 Å². The van der Waals surface area contributed by atoms with Gasteiger partial charge in [0, 0.05) is 41.7 Å². The summed E-state index contributed by atoms with van der Waals surface area (Å²) in [6, 6.07) is 19.6. The number of carbonyl (C=O) groups is 2. The lowest BCUT2D eigenvalue weighted by Crippen LogP contribution is -2.26. The van der Waals surface area contributed by atoms with Gasteiger partial charge in [0.1, 0.15) is 5.75 Å². The van der Waals surface area contributed by atoms with Crippen molar-refractivity contribution in [3.05, 3.63) is 99.2 Å². The topological polar surface area (TPSA) is 80.6 Å². The maximum absolute atomic E-state index is 12.6. The zero-order valence-electron chi connectivity index (χ0n) is 22.9. The smallest absolute Gasteiger partial charge is 0.305 e. The summed E-state index contributed by atoms with van der Waals surface area (Å²) in [4.78, 5) is 23.4. The average Bonchev–Trinajstić information content (AvgIpc) is 3.26. The quantitative estimate of drug-likeness (QED) is 0.179. The van der Waals surface area contributed by atoms with Crippen molar-refractivity contribution >= 4 is 46.0 Å². The standard InChI is InChI=1S/C32H34Cl2N2O4/c1-4-5-6-25(20-7-9-22(10-8-20)32(39)35-16-15-29(37)38)30(21-11-13-24(40-3)14-12-21)27-19-36(2)31-26(27)17-23(33)18-28(31)34/h7-14,17-19,25,30H,4-6,15-16H2,1-3H3,(H,35,39)(H,37,38). The van der Waals surface area contributed by atoms with Crippen LogP contribution < -0.4 is 10.1 Å². The predicted octanol–water partition coefficient (Wildman–Crippen LogP) is 7.80. The molecule has 0 bridgehead atoms. The van der Waals surface area contributed by atoms with Crippen LogP contribution in [-0.4, -0.2) is 35.2 Å². The summed E-state index contributed by atoms with van der Waals surface area (Å²) in [5, 5.41) is 13.7. The number of carboxylic acid groups (broad SMARTS) is 1. The SMILES string of the molecule is CCCCC(c1ccc(C(=O)NCCC(=O)O)cc1)C(c1ccc(OC)cc1)c1cn(C)c2c(Cl)cc(Cl)cc12. The lowest BCUT2D eigenvalue weighted by molar-refractivity contribution is -0.136. The second-order valence-corrected chi connectivity index (χ2v) is 10.8. The van der Waals surface area contributed by atoms with Crippen molar-refractivity contribution in [2.45, 2.75) is 44.4 Å². The summed E-state index contributed by atoms with van der Waals surface area (Å²) in [5.41, 5.74) is 4.81. The molecule has 0 radical (unpaired) electrons. The molecular weight excluding hydrogens is 547 g/mol. The second kappa shape index (κ2) is 13.2. The number of fused-ring (bicyclic) bond motifs is 1. The maximum Gasteiger partial charge on any atom is 0.305 e. The first-order chi connectivity index (χ1) is 19.2. The van der Waals surface area contributed by atoms with Crippen LogP contribution in [0, 0.1) is 0 Å². The van der Waals surface area contributed by atoms with Gasteiger partial charge in [0.15, 0.2) is 0 Å². The highest BCUT2D eigenvalue weighted by Crippen LogP contribution is 2.46. The van der Waals surface area contributed by atoms with Gasteiger partial charge in [-0.1, -0.05) is 67.2 Å². The number of benzene rings is 3. The Hall–Kier alpha value is -3.48. The first-order valence-electron chi connectivity index (χ1n) is 13.4. The van der Waals surface area contributed by atoms with Crippen LogP contribution in [0.25, 0.3) is 10.9 Å². The number of unbranched alkanes of at least 4 members (excludes halogenated alkanes) is 1. The Balaban J connectivity index is 1.81. The second-order valence-electron chi connectivity index (χ2n) is 10.0. The molecular formula is C32H34Cl2N2O4. The van der Waals surface area contributed by atoms with E-state index in [1.807, 2.05) is 49.5 Å². The Morgan fingerprint density at radius 2 is 1.70 bits per heavy atom. The van der Waals surface area contributed by atoms with Crippen molar-refractivity contribution in [2.24, 2.45) is 7.05 Å². The lowest BCUT2D eigenvalue weighted by Gasteiger charge is -2.29. The number of aromatic nitrogens is 1. The largest absolute Gasteiger partial charge is 0.497 e. The van der Waals surface area contributed by atoms with Crippen LogP contribution >= 0.6 is 23.2 Å². The highest BCUT2D eigenvalue weighted by atomic mass is 35.5. The summed E-state index contributed by atoms with van der Waals surface area (Å²) in [6.07, 6.45) is 5.03. The van der Waals surface area contributed by atoms with Gasteiger partial charge in [0.25, 0.3) is 5.91 Å². The van der Waals surface area contributed by atoms with Gasteiger partial charge in [-0.05, 0) is 65.4 Å². The number of methoxy groups -OCH3 is 1. The molecule has 0 saturated heterocycles. The zero-order chi connectivity index (χ0) is 28.8. The highest BCUT2D eigenvalue weighted by molar-refractivity contribution is 6.38. The molecule has 2 atom stereocenters. The normalized spacial score (nSPS) is 12.7. The number of hydrogen-bond acceptors (Lipinski definition) is 3. The van der Waals surface area contributed by atoms with Gasteiger partial charge in [-0.25, -0.2) is 0 Å². The molecule has 2 unspecified atom stereocenters. The van der Waals surface area contributed by atoms with Crippen LogP contribution in [0.15, 0.2) is 66.9 Å². The molecule has 0 saturated carbocycles. The third-order valence-corrected chi connectivity index (χ3v) is 7.84. The summed E-state index contributed by atoms with van der Waals surface area (Å²) in [5.74, 6) is -0.375. The number of halogens is 2. The number of carboxylic acids is 1. The van der Waals surface area contributed by atoms with Gasteiger partial charge < -0.3 is 19.7 Å². The van der Waals surface area contributed by atoms with E-state index in [4.69, 9.17) is 33.0 Å². The highest BCUT2D eigenvalue weighted by Gasteiger charge is 2.30. The van der Waals surface area contributed by atoms with E-state index in [-0.39, 0.29) is 30.7 Å². The first kappa shape index (κ1) is 29.5. The molecule has 6 nitrogen and oxygen atoms in total. The Morgan fingerprint density at radius 3 is 2.33 bits per heavy atom. The van der Waals surface area contributed by atoms with Crippen LogP contribution in [0.2, 0.25) is 10.0 Å². The van der Waals surface area contributed by atoms with Crippen LogP contribution in [0.5, 0.6) is 5.75 Å². The lowest BCUT2D eigenvalue weighted by atomic mass is 9.74. The van der Waals surface area contributed by atoms with Crippen molar-refractivity contribution in [3.63, 3.8) is 0 Å². The Labute approximate surface area is 244 Å². The Morgan fingerprint density at radius 1 is 1.02 bits per heavy atom. The minimum atomic E-state index is -0.949. The van der Waals surface area contributed by atoms with Gasteiger partial charge >= 0.3 is 5.97 Å². The van der Waals surface area contributed by atoms with E-state index in [1.165, 1.54) is 0 Å². The third-order valence-electron chi connectivity index (χ3n) is 7.33. The molecule has 0 fully saturated rings. The molecule has 3 aromatic carbocycles. The molecule has 40 heavy (non-hydrogen) atoms. The molecule has 0 aliphatic rings. The molecule has 4 rings (SSSR count). The van der Waals surface area contributed by atoms with E-state index in [9.17, 15) is 9.59 Å². The van der Waals surface area contributed by atoms with E-state index in [0.29, 0.717) is 15.6 Å². The number of nitrogens with one attached hydrogen (secondary N) is 1. The van der Waals surface area contributed by atoms with E-state index in [0.717, 1.165) is 52.6 Å². The molecule has 4 aromatic rings. The minimum absolute atomic E-state index is 0.0223. The number of nitrogens with zero attached hydrogens (tertiary/aromatic N) is 1. The predicted molar refractivity (Wildman–Crippen MR) is 161 cm³/mol. The van der Waals surface area contributed by atoms with Gasteiger partial charge in [0.05, 0.1) is 24.1 Å². The third kappa shape index (κ3) is 6.62. The fourth-order valence-corrected chi connectivity index (χ4v) is 6.02. The van der Waals surface area contributed by atoms with Crippen molar-refractivity contribution < 1.29 is 19.4 Å². The molecule has 0 aliphatic carbocycles. The number of carbonyl (C=O) groups excluding carboxylic acids is 1. The van der Waals surface area contributed by atoms with Crippen molar-refractivity contribution in [3.8, 4) is 5.75 Å². The van der Waals surface area contributed by atoms with E-state index in [2.05, 4.69) is 35.1 Å². The molecule has 8 heteroatoms. The van der Waals surface area contributed by atoms with Crippen molar-refractivity contribution in [2.75, 3.05) is 13.7 Å². The van der Waals surface area contributed by atoms with E-state index < -0.39 is 5.97 Å². The number of rotatable bonds is 12. The van der Waals surface area contributed by atoms with Gasteiger partial charge in [-0.3, -0.25) is 9.59 Å². The molecule has 0 aliphatic heterocycles. The van der Waals surface area contributed by atoms with Crippen LogP contribution in [0.4, 0.5) is 0 Å². The van der Waals surface area contributed by atoms with Crippen molar-refractivity contribution in [1.29, 1.82) is 0 Å².